The summed E-state index contributed by atoms with van der Waals surface area (Å²) in [5, 5.41) is 19.7. The molecule has 18 heavy (non-hydrogen) atoms. The highest BCUT2D eigenvalue weighted by molar-refractivity contribution is 5.48. The van der Waals surface area contributed by atoms with Gasteiger partial charge in [-0.3, -0.25) is 0 Å². The van der Waals surface area contributed by atoms with Crippen molar-refractivity contribution >= 4 is 5.69 Å². The van der Waals surface area contributed by atoms with Crippen LogP contribution in [0.4, 0.5) is 5.69 Å². The van der Waals surface area contributed by atoms with Gasteiger partial charge in [0.15, 0.2) is 0 Å². The third-order valence-electron chi connectivity index (χ3n) is 3.95. The quantitative estimate of drug-likeness (QED) is 0.864. The summed E-state index contributed by atoms with van der Waals surface area (Å²) in [5.41, 5.74) is 2.10. The van der Waals surface area contributed by atoms with Crippen LogP contribution in [0.15, 0.2) is 24.3 Å². The number of rotatable bonds is 3. The van der Waals surface area contributed by atoms with Crippen molar-refractivity contribution < 1.29 is 10.2 Å². The third-order valence-corrected chi connectivity index (χ3v) is 3.95. The highest BCUT2D eigenvalue weighted by atomic mass is 16.3. The Labute approximate surface area is 109 Å². The molecule has 0 amide bonds. The van der Waals surface area contributed by atoms with Gasteiger partial charge in [-0.2, -0.15) is 0 Å². The van der Waals surface area contributed by atoms with Crippen LogP contribution in [0.1, 0.15) is 38.4 Å². The molecule has 0 radical (unpaired) electrons. The van der Waals surface area contributed by atoms with Gasteiger partial charge < -0.3 is 15.1 Å². The summed E-state index contributed by atoms with van der Waals surface area (Å²) in [6.07, 6.45) is 1.16. The Balaban J connectivity index is 2.06. The maximum absolute atomic E-state index is 9.91. The van der Waals surface area contributed by atoms with Gasteiger partial charge in [-0.05, 0) is 36.5 Å². The average Bonchev–Trinajstić information content (AvgIpc) is 2.41. The minimum Gasteiger partial charge on any atom is -0.391 e. The maximum Gasteiger partial charge on any atom is 0.0787 e. The molecule has 2 rings (SSSR count). The SMILES string of the molecule is CCC(O)c1ccc(N2CCC(C)C(O)C2)cc1. The Kier molecular flexibility index (Phi) is 4.25. The molecule has 3 unspecified atom stereocenters. The predicted octanol–water partition coefficient (Wildman–Crippen LogP) is 2.34. The zero-order valence-electron chi connectivity index (χ0n) is 11.2. The molecule has 0 saturated carbocycles. The normalized spacial score (nSPS) is 26.1. The largest absolute Gasteiger partial charge is 0.391 e. The fourth-order valence-corrected chi connectivity index (χ4v) is 2.43. The third kappa shape index (κ3) is 2.85. The molecule has 1 aliphatic heterocycles. The van der Waals surface area contributed by atoms with Gasteiger partial charge >= 0.3 is 0 Å². The van der Waals surface area contributed by atoms with Gasteiger partial charge in [0.1, 0.15) is 0 Å². The minimum absolute atomic E-state index is 0.236. The minimum atomic E-state index is -0.369. The lowest BCUT2D eigenvalue weighted by Crippen LogP contribution is -2.42. The van der Waals surface area contributed by atoms with E-state index < -0.39 is 0 Å². The van der Waals surface area contributed by atoms with Crippen molar-refractivity contribution in [2.45, 2.75) is 38.9 Å². The van der Waals surface area contributed by atoms with E-state index in [4.69, 9.17) is 0 Å². The van der Waals surface area contributed by atoms with E-state index in [-0.39, 0.29) is 12.2 Å². The van der Waals surface area contributed by atoms with Crippen LogP contribution in [-0.4, -0.2) is 29.4 Å². The molecule has 3 atom stereocenters. The number of aliphatic hydroxyl groups excluding tert-OH is 2. The first kappa shape index (κ1) is 13.4. The molecular weight excluding hydrogens is 226 g/mol. The Hall–Kier alpha value is -1.06. The Bertz CT molecular complexity index is 377. The summed E-state index contributed by atoms with van der Waals surface area (Å²) < 4.78 is 0. The molecule has 100 valence electrons. The summed E-state index contributed by atoms with van der Waals surface area (Å²) in [5.74, 6) is 0.391. The second-order valence-corrected chi connectivity index (χ2v) is 5.29. The van der Waals surface area contributed by atoms with E-state index in [1.54, 1.807) is 0 Å². The van der Waals surface area contributed by atoms with Crippen molar-refractivity contribution in [3.63, 3.8) is 0 Å². The molecule has 3 nitrogen and oxygen atoms in total. The van der Waals surface area contributed by atoms with Crippen LogP contribution in [-0.2, 0) is 0 Å². The Morgan fingerprint density at radius 3 is 2.56 bits per heavy atom. The van der Waals surface area contributed by atoms with E-state index in [0.29, 0.717) is 12.5 Å². The standard InChI is InChI=1S/C15H23NO2/c1-3-14(17)12-4-6-13(7-5-12)16-9-8-11(2)15(18)10-16/h4-7,11,14-15,17-18H,3,8-10H2,1-2H3. The van der Waals surface area contributed by atoms with Crippen molar-refractivity contribution in [1.29, 1.82) is 0 Å². The van der Waals surface area contributed by atoms with E-state index in [9.17, 15) is 10.2 Å². The number of β-amino-alcohol motifs (C(OH)–C–C–N with tert-alkyl or cyclic N) is 1. The van der Waals surface area contributed by atoms with Gasteiger partial charge in [0, 0.05) is 18.8 Å². The molecule has 0 aliphatic carbocycles. The highest BCUT2D eigenvalue weighted by Gasteiger charge is 2.24. The van der Waals surface area contributed by atoms with Crippen LogP contribution in [0.2, 0.25) is 0 Å². The van der Waals surface area contributed by atoms with Crippen LogP contribution in [0.5, 0.6) is 0 Å². The van der Waals surface area contributed by atoms with Gasteiger partial charge in [0.2, 0.25) is 0 Å². The molecule has 0 aromatic heterocycles. The summed E-state index contributed by atoms with van der Waals surface area (Å²) in [6, 6.07) is 8.04. The van der Waals surface area contributed by atoms with Crippen LogP contribution >= 0.6 is 0 Å². The second-order valence-electron chi connectivity index (χ2n) is 5.29. The fourth-order valence-electron chi connectivity index (χ4n) is 2.43. The van der Waals surface area contributed by atoms with Gasteiger partial charge in [-0.25, -0.2) is 0 Å². The number of piperidine rings is 1. The first-order valence-corrected chi connectivity index (χ1v) is 6.83. The summed E-state index contributed by atoms with van der Waals surface area (Å²) in [6.45, 7) is 5.77. The lowest BCUT2D eigenvalue weighted by atomic mass is 9.95. The number of nitrogens with zero attached hydrogens (tertiary/aromatic N) is 1. The molecule has 1 fully saturated rings. The summed E-state index contributed by atoms with van der Waals surface area (Å²) >= 11 is 0. The van der Waals surface area contributed by atoms with Gasteiger partial charge in [-0.15, -0.1) is 0 Å². The fraction of sp³-hybridized carbons (Fsp3) is 0.600. The average molecular weight is 249 g/mol. The van der Waals surface area contributed by atoms with Crippen molar-refractivity contribution in [3.8, 4) is 0 Å². The Morgan fingerprint density at radius 1 is 1.33 bits per heavy atom. The van der Waals surface area contributed by atoms with Gasteiger partial charge in [0.05, 0.1) is 12.2 Å². The van der Waals surface area contributed by atoms with Crippen LogP contribution in [0.25, 0.3) is 0 Å². The van der Waals surface area contributed by atoms with Crippen LogP contribution in [0.3, 0.4) is 0 Å². The summed E-state index contributed by atoms with van der Waals surface area (Å²) in [7, 11) is 0. The first-order chi connectivity index (χ1) is 8.61. The zero-order valence-corrected chi connectivity index (χ0v) is 11.2. The molecule has 1 heterocycles. The molecule has 1 aliphatic rings. The van der Waals surface area contributed by atoms with E-state index in [0.717, 1.165) is 30.6 Å². The number of hydrogen-bond acceptors (Lipinski definition) is 3. The Morgan fingerprint density at radius 2 is 2.00 bits per heavy atom. The summed E-state index contributed by atoms with van der Waals surface area (Å²) in [4.78, 5) is 2.22. The van der Waals surface area contributed by atoms with Crippen LogP contribution in [0, 0.1) is 5.92 Å². The molecule has 0 bridgehead atoms. The lowest BCUT2D eigenvalue weighted by molar-refractivity contribution is 0.103. The lowest BCUT2D eigenvalue weighted by Gasteiger charge is -2.36. The second kappa shape index (κ2) is 5.72. The van der Waals surface area contributed by atoms with Crippen LogP contribution < -0.4 is 4.90 Å². The molecule has 2 N–H and O–H groups in total. The van der Waals surface area contributed by atoms with E-state index in [1.165, 1.54) is 0 Å². The molecule has 1 aromatic carbocycles. The van der Waals surface area contributed by atoms with Crippen molar-refractivity contribution in [1.82, 2.24) is 0 Å². The molecule has 1 aromatic rings. The number of hydrogen-bond donors (Lipinski definition) is 2. The topological polar surface area (TPSA) is 43.7 Å². The van der Waals surface area contributed by atoms with E-state index in [1.807, 2.05) is 31.2 Å². The molecule has 3 heteroatoms. The van der Waals surface area contributed by atoms with Crippen molar-refractivity contribution in [2.75, 3.05) is 18.0 Å². The van der Waals surface area contributed by atoms with E-state index in [2.05, 4.69) is 11.8 Å². The predicted molar refractivity (Wildman–Crippen MR) is 73.7 cm³/mol. The van der Waals surface area contributed by atoms with Crippen molar-refractivity contribution in [2.24, 2.45) is 5.92 Å². The van der Waals surface area contributed by atoms with Gasteiger partial charge in [-0.1, -0.05) is 26.0 Å². The molecule has 0 spiro atoms. The number of benzene rings is 1. The number of anilines is 1. The first-order valence-electron chi connectivity index (χ1n) is 6.83. The smallest absolute Gasteiger partial charge is 0.0787 e. The zero-order chi connectivity index (χ0) is 13.1. The van der Waals surface area contributed by atoms with Gasteiger partial charge in [0.25, 0.3) is 0 Å². The highest BCUT2D eigenvalue weighted by Crippen LogP contribution is 2.25. The van der Waals surface area contributed by atoms with E-state index >= 15 is 0 Å². The molecule has 1 saturated heterocycles. The van der Waals surface area contributed by atoms with Crippen molar-refractivity contribution in [3.05, 3.63) is 29.8 Å². The number of aliphatic hydroxyl groups is 2. The maximum atomic E-state index is 9.91. The molecular formula is C15H23NO2. The monoisotopic (exact) mass is 249 g/mol.